The largest absolute Gasteiger partial charge is 0.463 e. The minimum Gasteiger partial charge on any atom is -0.463 e. The van der Waals surface area contributed by atoms with Gasteiger partial charge >= 0.3 is 0 Å². The van der Waals surface area contributed by atoms with Crippen LogP contribution >= 0.6 is 11.6 Å². The highest BCUT2D eigenvalue weighted by atomic mass is 35.5. The molecule has 3 aromatic heterocycles. The first kappa shape index (κ1) is 18.5. The summed E-state index contributed by atoms with van der Waals surface area (Å²) in [6.45, 7) is 3.50. The van der Waals surface area contributed by atoms with E-state index in [4.69, 9.17) is 16.0 Å². The summed E-state index contributed by atoms with van der Waals surface area (Å²) < 4.78 is 6.83. The van der Waals surface area contributed by atoms with Gasteiger partial charge in [-0.1, -0.05) is 0 Å². The number of amides is 1. The maximum absolute atomic E-state index is 12.6. The topological polar surface area (TPSA) is 106 Å². The second kappa shape index (κ2) is 6.94. The molecule has 28 heavy (non-hydrogen) atoms. The van der Waals surface area contributed by atoms with Crippen LogP contribution in [0.5, 0.6) is 0 Å². The molecule has 0 atom stereocenters. The molecule has 0 fully saturated rings. The Bertz CT molecular complexity index is 1080. The van der Waals surface area contributed by atoms with Crippen LogP contribution in [0.2, 0.25) is 0 Å². The van der Waals surface area contributed by atoms with Crippen molar-refractivity contribution in [2.24, 2.45) is 5.41 Å². The molecule has 1 amide bonds. The molecule has 8 nitrogen and oxygen atoms in total. The lowest BCUT2D eigenvalue weighted by molar-refractivity contribution is -0.123. The fourth-order valence-electron chi connectivity index (χ4n) is 3.05. The van der Waals surface area contributed by atoms with E-state index in [1.807, 2.05) is 0 Å². The number of aromatic amines is 1. The molecule has 0 spiro atoms. The van der Waals surface area contributed by atoms with Crippen LogP contribution in [0.4, 0.5) is 5.82 Å². The maximum Gasteiger partial charge on any atom is 0.255 e. The van der Waals surface area contributed by atoms with Gasteiger partial charge < -0.3 is 9.73 Å². The fourth-order valence-corrected chi connectivity index (χ4v) is 3.17. The summed E-state index contributed by atoms with van der Waals surface area (Å²) in [6.07, 6.45) is 3.92. The molecule has 0 radical (unpaired) electrons. The molecule has 0 aliphatic heterocycles. The average molecular weight is 402 g/mol. The van der Waals surface area contributed by atoms with E-state index in [-0.39, 0.29) is 23.3 Å². The summed E-state index contributed by atoms with van der Waals surface area (Å²) in [6, 6.07) is 5.19. The first-order valence-corrected chi connectivity index (χ1v) is 9.56. The predicted molar refractivity (Wildman–Crippen MR) is 105 cm³/mol. The number of carbonyl (C=O) groups excluding carboxylic acids is 1. The minimum atomic E-state index is -0.778. The van der Waals surface area contributed by atoms with Crippen molar-refractivity contribution in [2.45, 2.75) is 33.1 Å². The van der Waals surface area contributed by atoms with E-state index in [1.54, 1.807) is 38.3 Å². The summed E-state index contributed by atoms with van der Waals surface area (Å²) in [5, 5.41) is 7.34. The molecule has 146 valence electrons. The Balaban J connectivity index is 1.81. The molecule has 9 heteroatoms. The Morgan fingerprint density at radius 3 is 2.96 bits per heavy atom. The average Bonchev–Trinajstić information content (AvgIpc) is 3.41. The van der Waals surface area contributed by atoms with Gasteiger partial charge in [0.05, 0.1) is 17.4 Å². The summed E-state index contributed by atoms with van der Waals surface area (Å²) in [4.78, 5) is 32.4. The quantitative estimate of drug-likeness (QED) is 0.639. The van der Waals surface area contributed by atoms with Gasteiger partial charge in [0.2, 0.25) is 11.9 Å². The first-order chi connectivity index (χ1) is 13.4. The van der Waals surface area contributed by atoms with Gasteiger partial charge in [0, 0.05) is 17.5 Å². The molecule has 2 N–H and O–H groups in total. The molecule has 1 aliphatic rings. The third-order valence-electron chi connectivity index (χ3n) is 4.80. The summed E-state index contributed by atoms with van der Waals surface area (Å²) in [7, 11) is 0. The third-order valence-corrected chi connectivity index (χ3v) is 5.47. The van der Waals surface area contributed by atoms with Gasteiger partial charge in [0.15, 0.2) is 5.76 Å². The number of aromatic nitrogens is 4. The number of hydrogen-bond donors (Lipinski definition) is 2. The van der Waals surface area contributed by atoms with Crippen LogP contribution in [0.15, 0.2) is 33.7 Å². The SMILES string of the molecule is CC(C)(CCl)C(=O)Nc1cc(-c2ccco2)nn1-c1nc2c(c(=O)[nH]1)CCC2. The van der Waals surface area contributed by atoms with Crippen molar-refractivity contribution in [2.75, 3.05) is 11.2 Å². The summed E-state index contributed by atoms with van der Waals surface area (Å²) >= 11 is 5.92. The standard InChI is InChI=1S/C19H20ClN5O3/c1-19(2,10-20)17(27)22-15-9-13(14-7-4-8-28-14)24-25(15)18-21-12-6-3-5-11(12)16(26)23-18/h4,7-9H,3,5-6,10H2,1-2H3,(H,22,27)(H,21,23,26). The van der Waals surface area contributed by atoms with E-state index in [9.17, 15) is 9.59 Å². The number of carbonyl (C=O) groups is 1. The number of hydrogen-bond acceptors (Lipinski definition) is 5. The van der Waals surface area contributed by atoms with Crippen LogP contribution in [0.25, 0.3) is 17.4 Å². The number of nitrogens with zero attached hydrogens (tertiary/aromatic N) is 3. The van der Waals surface area contributed by atoms with Crippen LogP contribution in [-0.4, -0.2) is 31.5 Å². The lowest BCUT2D eigenvalue weighted by atomic mass is 9.95. The number of halogens is 1. The highest BCUT2D eigenvalue weighted by Crippen LogP contribution is 2.27. The number of aryl methyl sites for hydroxylation is 1. The Labute approximate surface area is 165 Å². The number of furan rings is 1. The number of H-pyrrole nitrogens is 1. The van der Waals surface area contributed by atoms with Gasteiger partial charge in [-0.2, -0.15) is 9.78 Å². The van der Waals surface area contributed by atoms with Crippen molar-refractivity contribution in [3.8, 4) is 17.4 Å². The predicted octanol–water partition coefficient (Wildman–Crippen LogP) is 2.91. The summed E-state index contributed by atoms with van der Waals surface area (Å²) in [5.41, 5.74) is 1.04. The molecule has 0 saturated heterocycles. The molecule has 1 aliphatic carbocycles. The highest BCUT2D eigenvalue weighted by molar-refractivity contribution is 6.20. The molecule has 0 unspecified atom stereocenters. The molecule has 0 bridgehead atoms. The van der Waals surface area contributed by atoms with E-state index in [1.165, 1.54) is 4.68 Å². The number of alkyl halides is 1. The third kappa shape index (κ3) is 3.24. The molecular formula is C19H20ClN5O3. The smallest absolute Gasteiger partial charge is 0.255 e. The van der Waals surface area contributed by atoms with E-state index in [0.717, 1.165) is 30.5 Å². The van der Waals surface area contributed by atoms with Crippen molar-refractivity contribution >= 4 is 23.3 Å². The van der Waals surface area contributed by atoms with Crippen molar-refractivity contribution in [1.82, 2.24) is 19.7 Å². The van der Waals surface area contributed by atoms with Gasteiger partial charge in [-0.05, 0) is 45.2 Å². The second-order valence-corrected chi connectivity index (χ2v) is 7.71. The zero-order valence-corrected chi connectivity index (χ0v) is 16.3. The Hall–Kier alpha value is -2.87. The van der Waals surface area contributed by atoms with Crippen LogP contribution in [0.1, 0.15) is 31.5 Å². The van der Waals surface area contributed by atoms with E-state index < -0.39 is 5.41 Å². The van der Waals surface area contributed by atoms with Crippen LogP contribution < -0.4 is 10.9 Å². The molecule has 3 heterocycles. The Morgan fingerprint density at radius 1 is 1.43 bits per heavy atom. The van der Waals surface area contributed by atoms with Gasteiger partial charge in [0.25, 0.3) is 5.56 Å². The number of fused-ring (bicyclic) bond motifs is 1. The first-order valence-electron chi connectivity index (χ1n) is 9.03. The van der Waals surface area contributed by atoms with Gasteiger partial charge in [-0.15, -0.1) is 11.6 Å². The maximum atomic E-state index is 12.6. The van der Waals surface area contributed by atoms with E-state index in [0.29, 0.717) is 17.3 Å². The van der Waals surface area contributed by atoms with Crippen LogP contribution in [0, 0.1) is 5.41 Å². The molecular weight excluding hydrogens is 382 g/mol. The molecule has 3 aromatic rings. The number of nitrogens with one attached hydrogen (secondary N) is 2. The van der Waals surface area contributed by atoms with Crippen molar-refractivity contribution < 1.29 is 9.21 Å². The van der Waals surface area contributed by atoms with Crippen molar-refractivity contribution in [3.63, 3.8) is 0 Å². The molecule has 0 aromatic carbocycles. The Kier molecular flexibility index (Phi) is 4.58. The van der Waals surface area contributed by atoms with E-state index >= 15 is 0 Å². The van der Waals surface area contributed by atoms with Crippen molar-refractivity contribution in [3.05, 3.63) is 46.1 Å². The second-order valence-electron chi connectivity index (χ2n) is 7.44. The van der Waals surface area contributed by atoms with Crippen LogP contribution in [0.3, 0.4) is 0 Å². The molecule has 4 rings (SSSR count). The van der Waals surface area contributed by atoms with Gasteiger partial charge in [0.1, 0.15) is 11.5 Å². The van der Waals surface area contributed by atoms with Crippen LogP contribution in [-0.2, 0) is 17.6 Å². The zero-order valence-electron chi connectivity index (χ0n) is 15.6. The van der Waals surface area contributed by atoms with Gasteiger partial charge in [-0.25, -0.2) is 4.98 Å². The van der Waals surface area contributed by atoms with E-state index in [2.05, 4.69) is 20.4 Å². The van der Waals surface area contributed by atoms with Crippen molar-refractivity contribution in [1.29, 1.82) is 0 Å². The Morgan fingerprint density at radius 2 is 2.25 bits per heavy atom. The number of anilines is 1. The fraction of sp³-hybridized carbons (Fsp3) is 0.368. The lowest BCUT2D eigenvalue weighted by Crippen LogP contribution is -2.33. The lowest BCUT2D eigenvalue weighted by Gasteiger charge is -2.20. The molecule has 0 saturated carbocycles. The highest BCUT2D eigenvalue weighted by Gasteiger charge is 2.28. The monoisotopic (exact) mass is 401 g/mol. The minimum absolute atomic E-state index is 0.159. The normalized spacial score (nSPS) is 13.5. The number of rotatable bonds is 5. The van der Waals surface area contributed by atoms with Gasteiger partial charge in [-0.3, -0.25) is 14.6 Å². The summed E-state index contributed by atoms with van der Waals surface area (Å²) in [5.74, 6) is 1.05. The zero-order chi connectivity index (χ0) is 19.9.